The highest BCUT2D eigenvalue weighted by atomic mass is 15.2. The third kappa shape index (κ3) is 3.33. The Kier molecular flexibility index (Phi) is 2.50. The van der Waals surface area contributed by atoms with E-state index in [1.54, 1.807) is 18.7 Å². The van der Waals surface area contributed by atoms with Gasteiger partial charge in [0.15, 0.2) is 0 Å². The number of nitrogens with two attached hydrogens (primary N) is 3. The number of hydrogen-bond donors (Lipinski definition) is 4. The van der Waals surface area contributed by atoms with Gasteiger partial charge in [0.05, 0.1) is 0 Å². The van der Waals surface area contributed by atoms with Crippen molar-refractivity contribution in [2.75, 3.05) is 14.1 Å². The van der Waals surface area contributed by atoms with Crippen molar-refractivity contribution in [3.05, 3.63) is 0 Å². The molecular formula is C4H13N5+2. The Labute approximate surface area is 53.9 Å². The summed E-state index contributed by atoms with van der Waals surface area (Å²) in [5.41, 5.74) is 15.5. The zero-order valence-corrected chi connectivity index (χ0v) is 5.68. The highest BCUT2D eigenvalue weighted by Crippen LogP contribution is 1.43. The van der Waals surface area contributed by atoms with Crippen molar-refractivity contribution in [1.29, 1.82) is 0 Å². The van der Waals surface area contributed by atoms with Gasteiger partial charge in [-0.05, 0) is 0 Å². The molecule has 5 heteroatoms. The predicted octanol–water partition coefficient (Wildman–Crippen LogP) is -4.07. The van der Waals surface area contributed by atoms with E-state index < -0.39 is 0 Å². The van der Waals surface area contributed by atoms with E-state index in [2.05, 4.69) is 4.99 Å². The second-order valence-electron chi connectivity index (χ2n) is 1.86. The lowest BCUT2D eigenvalue weighted by atomic mass is 10.9. The molecule has 0 radical (unpaired) electrons. The first-order valence-electron chi connectivity index (χ1n) is 2.48. The van der Waals surface area contributed by atoms with Crippen LogP contribution in [0.2, 0.25) is 0 Å². The van der Waals surface area contributed by atoms with Gasteiger partial charge >= 0.3 is 5.96 Å². The Morgan fingerprint density at radius 1 is 1.22 bits per heavy atom. The van der Waals surface area contributed by atoms with Crippen molar-refractivity contribution >= 4 is 11.9 Å². The van der Waals surface area contributed by atoms with E-state index in [0.29, 0.717) is 5.96 Å². The maximum atomic E-state index is 5.37. The van der Waals surface area contributed by atoms with E-state index in [9.17, 15) is 0 Å². The quantitative estimate of drug-likeness (QED) is 0.153. The second-order valence-corrected chi connectivity index (χ2v) is 1.86. The van der Waals surface area contributed by atoms with Gasteiger partial charge in [0.2, 0.25) is 0 Å². The highest BCUT2D eigenvalue weighted by molar-refractivity contribution is 5.75. The van der Waals surface area contributed by atoms with Crippen LogP contribution in [0.1, 0.15) is 0 Å². The van der Waals surface area contributed by atoms with Crippen LogP contribution in [0.15, 0.2) is 0 Å². The first kappa shape index (κ1) is 7.74. The Morgan fingerprint density at radius 2 is 1.67 bits per heavy atom. The van der Waals surface area contributed by atoms with Crippen molar-refractivity contribution in [3.63, 3.8) is 0 Å². The minimum absolute atomic E-state index is 0.0983. The van der Waals surface area contributed by atoms with Gasteiger partial charge in [-0.2, -0.15) is 4.58 Å². The van der Waals surface area contributed by atoms with Crippen LogP contribution in [0.5, 0.6) is 0 Å². The first-order chi connectivity index (χ1) is 4.04. The summed E-state index contributed by atoms with van der Waals surface area (Å²) >= 11 is 0. The minimum Gasteiger partial charge on any atom is -0.345 e. The molecule has 0 bridgehead atoms. The Bertz CT molecular complexity index is 148. The van der Waals surface area contributed by atoms with E-state index in [1.807, 2.05) is 0 Å². The normalized spacial score (nSPS) is 8.22. The highest BCUT2D eigenvalue weighted by Gasteiger charge is 2.03. The Hall–Kier alpha value is -1.26. The fourth-order valence-electron chi connectivity index (χ4n) is 0.260. The average molecular weight is 131 g/mol. The molecule has 0 aliphatic heterocycles. The molecule has 7 N–H and O–H groups in total. The van der Waals surface area contributed by atoms with E-state index in [1.165, 1.54) is 0 Å². The molecule has 9 heavy (non-hydrogen) atoms. The molecule has 0 heterocycles. The number of hydrogen-bond acceptors (Lipinski definition) is 0. The molecule has 0 amide bonds. The van der Waals surface area contributed by atoms with Crippen LogP contribution in [-0.2, 0) is 0 Å². The number of nitrogens with one attached hydrogen (secondary N) is 1. The lowest BCUT2D eigenvalue weighted by molar-refractivity contribution is -0.526. The minimum atomic E-state index is 0.0983. The third-order valence-electron chi connectivity index (χ3n) is 0.754. The maximum absolute atomic E-state index is 5.37. The van der Waals surface area contributed by atoms with E-state index in [4.69, 9.17) is 17.2 Å². The fourth-order valence-corrected chi connectivity index (χ4v) is 0.260. The molecule has 0 atom stereocenters. The van der Waals surface area contributed by atoms with Gasteiger partial charge in [-0.3, -0.25) is 0 Å². The summed E-state index contributed by atoms with van der Waals surface area (Å²) in [5.74, 6) is 0.524. The summed E-state index contributed by atoms with van der Waals surface area (Å²) in [4.78, 5) is 2.53. The van der Waals surface area contributed by atoms with Crippen molar-refractivity contribution in [2.24, 2.45) is 17.2 Å². The summed E-state index contributed by atoms with van der Waals surface area (Å²) < 4.78 is 1.67. The molecule has 0 aromatic rings. The molecule has 0 aliphatic carbocycles. The average Bonchev–Trinajstić information content (AvgIpc) is 1.63. The van der Waals surface area contributed by atoms with Crippen molar-refractivity contribution in [2.45, 2.75) is 0 Å². The third-order valence-corrected chi connectivity index (χ3v) is 0.754. The van der Waals surface area contributed by atoms with E-state index in [0.717, 1.165) is 0 Å². The van der Waals surface area contributed by atoms with Crippen LogP contribution >= 0.6 is 0 Å². The zero-order valence-electron chi connectivity index (χ0n) is 5.68. The number of nitrogens with zero attached hydrogens (tertiary/aromatic N) is 1. The maximum Gasteiger partial charge on any atom is 0.518 e. The Balaban J connectivity index is 4.25. The molecule has 0 saturated heterocycles. The topological polar surface area (TPSA) is 95.0 Å². The molecular weight excluding hydrogens is 118 g/mol. The number of rotatable bonds is 0. The van der Waals surface area contributed by atoms with Gasteiger partial charge in [0, 0.05) is 0 Å². The summed E-state index contributed by atoms with van der Waals surface area (Å²) in [7, 11) is 3.57. The predicted molar refractivity (Wildman–Crippen MR) is 35.6 cm³/mol. The summed E-state index contributed by atoms with van der Waals surface area (Å²) in [6.45, 7) is 0. The standard InChI is InChI=1S/C4H11N5/c1-9(2)4(7)8-3(5)6/h1-2H3,(H5,5,6,7,8)/p+2. The summed E-state index contributed by atoms with van der Waals surface area (Å²) in [5, 5.41) is 0. The molecule has 0 saturated carbocycles. The molecule has 0 aromatic heterocycles. The van der Waals surface area contributed by atoms with Gasteiger partial charge < -0.3 is 11.5 Å². The second kappa shape index (κ2) is 2.91. The lowest BCUT2D eigenvalue weighted by Gasteiger charge is -1.84. The molecule has 0 fully saturated rings. The van der Waals surface area contributed by atoms with Crippen LogP contribution in [0.25, 0.3) is 0 Å². The summed E-state index contributed by atoms with van der Waals surface area (Å²) in [6.07, 6.45) is 0. The molecule has 5 nitrogen and oxygen atoms in total. The van der Waals surface area contributed by atoms with Crippen LogP contribution in [-0.4, -0.2) is 30.6 Å². The fraction of sp³-hybridized carbons (Fsp3) is 0.500. The lowest BCUT2D eigenvalue weighted by Crippen LogP contribution is -2.86. The monoisotopic (exact) mass is 131 g/mol. The molecule has 0 spiro atoms. The van der Waals surface area contributed by atoms with Gasteiger partial charge in [-0.25, -0.2) is 5.73 Å². The van der Waals surface area contributed by atoms with E-state index in [-0.39, 0.29) is 5.96 Å². The van der Waals surface area contributed by atoms with Crippen LogP contribution < -0.4 is 22.2 Å². The van der Waals surface area contributed by atoms with Crippen LogP contribution in [0, 0.1) is 0 Å². The van der Waals surface area contributed by atoms with Gasteiger partial charge in [-0.1, -0.05) is 0 Å². The number of guanidine groups is 2. The SMILES string of the molecule is C[N+](C)=C(N)[NH+]=C(N)N. The van der Waals surface area contributed by atoms with Crippen LogP contribution in [0.4, 0.5) is 0 Å². The van der Waals surface area contributed by atoms with Gasteiger partial charge in [0.1, 0.15) is 14.1 Å². The largest absolute Gasteiger partial charge is 0.518 e. The van der Waals surface area contributed by atoms with Crippen molar-refractivity contribution in [1.82, 2.24) is 0 Å². The van der Waals surface area contributed by atoms with Crippen LogP contribution in [0.3, 0.4) is 0 Å². The summed E-state index contributed by atoms with van der Waals surface area (Å²) in [6, 6.07) is 0. The first-order valence-corrected chi connectivity index (χ1v) is 2.48. The van der Waals surface area contributed by atoms with Gasteiger partial charge in [0.25, 0.3) is 5.96 Å². The molecule has 0 unspecified atom stereocenters. The van der Waals surface area contributed by atoms with Crippen molar-refractivity contribution in [3.8, 4) is 0 Å². The zero-order chi connectivity index (χ0) is 7.44. The van der Waals surface area contributed by atoms with Crippen molar-refractivity contribution < 1.29 is 9.57 Å². The Morgan fingerprint density at radius 3 is 1.78 bits per heavy atom. The van der Waals surface area contributed by atoms with Gasteiger partial charge in [-0.15, -0.1) is 4.99 Å². The molecule has 52 valence electrons. The molecule has 0 aliphatic rings. The smallest absolute Gasteiger partial charge is 0.345 e. The molecule has 0 rings (SSSR count). The van der Waals surface area contributed by atoms with E-state index >= 15 is 0 Å². The molecule has 0 aromatic carbocycles.